The SMILES string of the molecule is N#Cc1n[nH]nc1-c1cccc(-c2cc(F)cc(C(F)(F)F)c2)c1. The van der Waals surface area contributed by atoms with E-state index in [0.717, 1.165) is 12.1 Å². The topological polar surface area (TPSA) is 65.4 Å². The number of nitrogens with zero attached hydrogens (tertiary/aromatic N) is 3. The Kier molecular flexibility index (Phi) is 3.77. The maximum Gasteiger partial charge on any atom is 0.416 e. The van der Waals surface area contributed by atoms with Crippen molar-refractivity contribution < 1.29 is 17.6 Å². The first-order valence-electron chi connectivity index (χ1n) is 6.68. The number of aromatic amines is 1. The van der Waals surface area contributed by atoms with Crippen LogP contribution in [-0.2, 0) is 6.18 Å². The minimum Gasteiger partial charge on any atom is -0.207 e. The molecule has 0 atom stereocenters. The van der Waals surface area contributed by atoms with E-state index in [1.807, 2.05) is 6.07 Å². The minimum atomic E-state index is -4.64. The average Bonchev–Trinajstić information content (AvgIpc) is 3.02. The van der Waals surface area contributed by atoms with Crippen molar-refractivity contribution in [3.05, 3.63) is 59.5 Å². The summed E-state index contributed by atoms with van der Waals surface area (Å²) in [5.41, 5.74) is 0.183. The molecule has 0 radical (unpaired) electrons. The third-order valence-corrected chi connectivity index (χ3v) is 3.35. The fourth-order valence-electron chi connectivity index (χ4n) is 2.28. The van der Waals surface area contributed by atoms with Gasteiger partial charge in [-0.25, -0.2) is 4.39 Å². The van der Waals surface area contributed by atoms with Crippen molar-refractivity contribution in [1.29, 1.82) is 5.26 Å². The van der Waals surface area contributed by atoms with Gasteiger partial charge in [-0.15, -0.1) is 5.10 Å². The van der Waals surface area contributed by atoms with Crippen molar-refractivity contribution in [3.8, 4) is 28.5 Å². The summed E-state index contributed by atoms with van der Waals surface area (Å²) in [4.78, 5) is 0. The van der Waals surface area contributed by atoms with E-state index in [2.05, 4.69) is 15.4 Å². The van der Waals surface area contributed by atoms with E-state index in [4.69, 9.17) is 5.26 Å². The van der Waals surface area contributed by atoms with Crippen molar-refractivity contribution in [2.45, 2.75) is 6.18 Å². The van der Waals surface area contributed by atoms with Gasteiger partial charge in [0.2, 0.25) is 0 Å². The Morgan fingerprint density at radius 1 is 0.958 bits per heavy atom. The standard InChI is InChI=1S/C16H8F4N4/c17-13-6-11(5-12(7-13)16(18,19)20)9-2-1-3-10(4-9)15-14(8-21)22-24-23-15/h1-7H,(H,22,23,24). The Labute approximate surface area is 133 Å². The Balaban J connectivity index is 2.10. The highest BCUT2D eigenvalue weighted by Crippen LogP contribution is 2.34. The van der Waals surface area contributed by atoms with E-state index in [-0.39, 0.29) is 17.0 Å². The van der Waals surface area contributed by atoms with Gasteiger partial charge in [0, 0.05) is 5.56 Å². The predicted octanol–water partition coefficient (Wildman–Crippen LogP) is 4.17. The van der Waals surface area contributed by atoms with Crippen molar-refractivity contribution in [3.63, 3.8) is 0 Å². The van der Waals surface area contributed by atoms with Gasteiger partial charge in [0.15, 0.2) is 5.69 Å². The van der Waals surface area contributed by atoms with Crippen LogP contribution in [0.3, 0.4) is 0 Å². The fraction of sp³-hybridized carbons (Fsp3) is 0.0625. The molecule has 120 valence electrons. The van der Waals surface area contributed by atoms with E-state index >= 15 is 0 Å². The molecule has 8 heteroatoms. The first kappa shape index (κ1) is 15.7. The molecule has 0 fully saturated rings. The lowest BCUT2D eigenvalue weighted by Crippen LogP contribution is -2.05. The Bertz CT molecular complexity index is 938. The number of halogens is 4. The number of alkyl halides is 3. The van der Waals surface area contributed by atoms with Crippen LogP contribution in [0.2, 0.25) is 0 Å². The van der Waals surface area contributed by atoms with Crippen LogP contribution < -0.4 is 0 Å². The second kappa shape index (κ2) is 5.77. The first-order chi connectivity index (χ1) is 11.4. The second-order valence-corrected chi connectivity index (χ2v) is 4.94. The van der Waals surface area contributed by atoms with Crippen molar-refractivity contribution in [2.24, 2.45) is 0 Å². The van der Waals surface area contributed by atoms with Gasteiger partial charge >= 0.3 is 6.18 Å². The molecule has 0 spiro atoms. The summed E-state index contributed by atoms with van der Waals surface area (Å²) in [5.74, 6) is -0.982. The van der Waals surface area contributed by atoms with Crippen molar-refractivity contribution in [1.82, 2.24) is 15.4 Å². The lowest BCUT2D eigenvalue weighted by molar-refractivity contribution is -0.137. The highest BCUT2D eigenvalue weighted by Gasteiger charge is 2.31. The minimum absolute atomic E-state index is 0.0578. The van der Waals surface area contributed by atoms with E-state index in [1.54, 1.807) is 18.2 Å². The van der Waals surface area contributed by atoms with Gasteiger partial charge in [-0.1, -0.05) is 18.2 Å². The summed E-state index contributed by atoms with van der Waals surface area (Å²) in [6.45, 7) is 0. The zero-order valence-corrected chi connectivity index (χ0v) is 11.9. The van der Waals surface area contributed by atoms with Gasteiger partial charge < -0.3 is 0 Å². The summed E-state index contributed by atoms with van der Waals surface area (Å²) in [6, 6.07) is 10.5. The van der Waals surface area contributed by atoms with E-state index in [1.165, 1.54) is 6.07 Å². The molecule has 4 nitrogen and oxygen atoms in total. The van der Waals surface area contributed by atoms with Gasteiger partial charge in [-0.3, -0.25) is 0 Å². The quantitative estimate of drug-likeness (QED) is 0.716. The molecule has 0 amide bonds. The molecule has 1 aromatic heterocycles. The summed E-state index contributed by atoms with van der Waals surface area (Å²) >= 11 is 0. The molecule has 0 unspecified atom stereocenters. The van der Waals surface area contributed by atoms with Crippen LogP contribution >= 0.6 is 0 Å². The Morgan fingerprint density at radius 3 is 2.42 bits per heavy atom. The lowest BCUT2D eigenvalue weighted by atomic mass is 9.99. The molecular weight excluding hydrogens is 324 g/mol. The monoisotopic (exact) mass is 332 g/mol. The van der Waals surface area contributed by atoms with Gasteiger partial charge in [0.05, 0.1) is 5.56 Å². The molecule has 0 aliphatic heterocycles. The van der Waals surface area contributed by atoms with Gasteiger partial charge in [0.25, 0.3) is 0 Å². The van der Waals surface area contributed by atoms with Crippen molar-refractivity contribution in [2.75, 3.05) is 0 Å². The zero-order valence-electron chi connectivity index (χ0n) is 11.9. The van der Waals surface area contributed by atoms with Crippen LogP contribution in [0.5, 0.6) is 0 Å². The fourth-order valence-corrected chi connectivity index (χ4v) is 2.28. The molecule has 3 rings (SSSR count). The molecule has 2 aromatic carbocycles. The van der Waals surface area contributed by atoms with Gasteiger partial charge in [-0.2, -0.15) is 28.7 Å². The van der Waals surface area contributed by atoms with Crippen LogP contribution in [0.15, 0.2) is 42.5 Å². The molecule has 1 N–H and O–H groups in total. The Hall–Kier alpha value is -3.21. The summed E-state index contributed by atoms with van der Waals surface area (Å²) in [5, 5.41) is 18.8. The number of hydrogen-bond donors (Lipinski definition) is 1. The summed E-state index contributed by atoms with van der Waals surface area (Å²) < 4.78 is 52.1. The number of H-pyrrole nitrogens is 1. The molecule has 0 saturated carbocycles. The summed E-state index contributed by atoms with van der Waals surface area (Å²) in [7, 11) is 0. The number of nitriles is 1. The number of benzene rings is 2. The first-order valence-corrected chi connectivity index (χ1v) is 6.68. The largest absolute Gasteiger partial charge is 0.416 e. The molecule has 0 bridgehead atoms. The molecule has 0 saturated heterocycles. The molecule has 3 aromatic rings. The van der Waals surface area contributed by atoms with Crippen LogP contribution in [0, 0.1) is 17.1 Å². The molecule has 0 aliphatic carbocycles. The maximum absolute atomic E-state index is 13.6. The van der Waals surface area contributed by atoms with Crippen LogP contribution in [0.25, 0.3) is 22.4 Å². The molecule has 0 aliphatic rings. The van der Waals surface area contributed by atoms with E-state index in [0.29, 0.717) is 17.2 Å². The second-order valence-electron chi connectivity index (χ2n) is 4.94. The smallest absolute Gasteiger partial charge is 0.207 e. The number of nitrogens with one attached hydrogen (secondary N) is 1. The molecule has 1 heterocycles. The highest BCUT2D eigenvalue weighted by atomic mass is 19.4. The zero-order chi connectivity index (χ0) is 17.3. The molecular formula is C16H8F4N4. The third-order valence-electron chi connectivity index (χ3n) is 3.35. The summed E-state index contributed by atoms with van der Waals surface area (Å²) in [6.07, 6.45) is -4.64. The molecule has 24 heavy (non-hydrogen) atoms. The average molecular weight is 332 g/mol. The maximum atomic E-state index is 13.6. The van der Waals surface area contributed by atoms with E-state index in [9.17, 15) is 17.6 Å². The normalized spacial score (nSPS) is 11.3. The van der Waals surface area contributed by atoms with Crippen LogP contribution in [-0.4, -0.2) is 15.4 Å². The highest BCUT2D eigenvalue weighted by molar-refractivity contribution is 5.73. The van der Waals surface area contributed by atoms with Gasteiger partial charge in [0.1, 0.15) is 17.6 Å². The number of aromatic nitrogens is 3. The van der Waals surface area contributed by atoms with Crippen LogP contribution in [0.4, 0.5) is 17.6 Å². The predicted molar refractivity (Wildman–Crippen MR) is 76.9 cm³/mol. The van der Waals surface area contributed by atoms with Gasteiger partial charge in [-0.05, 0) is 35.4 Å². The number of hydrogen-bond acceptors (Lipinski definition) is 3. The van der Waals surface area contributed by atoms with E-state index < -0.39 is 17.6 Å². The van der Waals surface area contributed by atoms with Crippen molar-refractivity contribution >= 4 is 0 Å². The number of rotatable bonds is 2. The van der Waals surface area contributed by atoms with Crippen LogP contribution in [0.1, 0.15) is 11.3 Å². The Morgan fingerprint density at radius 2 is 1.71 bits per heavy atom. The lowest BCUT2D eigenvalue weighted by Gasteiger charge is -2.10. The third kappa shape index (κ3) is 2.96.